The highest BCUT2D eigenvalue weighted by Gasteiger charge is 2.16. The number of rotatable bonds is 2. The van der Waals surface area contributed by atoms with E-state index in [0.29, 0.717) is 0 Å². The van der Waals surface area contributed by atoms with Gasteiger partial charge in [-0.2, -0.15) is 0 Å². The van der Waals surface area contributed by atoms with Crippen molar-refractivity contribution >= 4 is 5.97 Å². The molecule has 4 heteroatoms. The Morgan fingerprint density at radius 2 is 1.89 bits per heavy atom. The van der Waals surface area contributed by atoms with Gasteiger partial charge in [0.15, 0.2) is 0 Å². The Morgan fingerprint density at radius 3 is 1.89 bits per heavy atom. The molecule has 0 unspecified atom stereocenters. The first kappa shape index (κ1) is 11.2. The number of carboxylic acids is 1. The van der Waals surface area contributed by atoms with E-state index in [1.54, 1.807) is 0 Å². The zero-order valence-electron chi connectivity index (χ0n) is 5.72. The minimum Gasteiger partial charge on any atom is -0.481 e. The van der Waals surface area contributed by atoms with Crippen LogP contribution in [-0.4, -0.2) is 21.8 Å². The molecule has 0 aromatic heterocycles. The average molecular weight is 135 g/mol. The van der Waals surface area contributed by atoms with Crippen LogP contribution in [0.25, 0.3) is 0 Å². The SMILES string of the molecule is CC(C)(O)CC(=O)O.N. The molecule has 0 spiro atoms. The average Bonchev–Trinajstić information content (AvgIpc) is 1.21. The normalized spacial score (nSPS) is 10.1. The molecular weight excluding hydrogens is 122 g/mol. The molecule has 9 heavy (non-hydrogen) atoms. The Morgan fingerprint density at radius 1 is 1.56 bits per heavy atom. The van der Waals surface area contributed by atoms with Crippen LogP contribution in [0.4, 0.5) is 0 Å². The van der Waals surface area contributed by atoms with Gasteiger partial charge in [-0.25, -0.2) is 0 Å². The highest BCUT2D eigenvalue weighted by atomic mass is 16.4. The summed E-state index contributed by atoms with van der Waals surface area (Å²) in [6.07, 6.45) is -0.201. The fraction of sp³-hybridized carbons (Fsp3) is 0.800. The van der Waals surface area contributed by atoms with E-state index in [4.69, 9.17) is 10.2 Å². The van der Waals surface area contributed by atoms with E-state index in [9.17, 15) is 4.79 Å². The molecule has 0 bridgehead atoms. The van der Waals surface area contributed by atoms with E-state index >= 15 is 0 Å². The van der Waals surface area contributed by atoms with Crippen LogP contribution >= 0.6 is 0 Å². The van der Waals surface area contributed by atoms with E-state index in [1.807, 2.05) is 0 Å². The number of aliphatic carboxylic acids is 1. The van der Waals surface area contributed by atoms with E-state index < -0.39 is 11.6 Å². The predicted molar refractivity (Wildman–Crippen MR) is 33.6 cm³/mol. The van der Waals surface area contributed by atoms with Crippen molar-refractivity contribution < 1.29 is 15.0 Å². The maximum absolute atomic E-state index is 9.85. The highest BCUT2D eigenvalue weighted by molar-refractivity contribution is 5.67. The largest absolute Gasteiger partial charge is 0.481 e. The Balaban J connectivity index is 0. The summed E-state index contributed by atoms with van der Waals surface area (Å²) in [5, 5.41) is 16.9. The van der Waals surface area contributed by atoms with Gasteiger partial charge in [-0.15, -0.1) is 0 Å². The van der Waals surface area contributed by atoms with Crippen LogP contribution in [0.1, 0.15) is 20.3 Å². The lowest BCUT2D eigenvalue weighted by atomic mass is 10.1. The van der Waals surface area contributed by atoms with Crippen LogP contribution in [0.3, 0.4) is 0 Å². The van der Waals surface area contributed by atoms with E-state index in [1.165, 1.54) is 13.8 Å². The Hall–Kier alpha value is -0.610. The lowest BCUT2D eigenvalue weighted by Crippen LogP contribution is -2.22. The summed E-state index contributed by atoms with van der Waals surface area (Å²) >= 11 is 0. The fourth-order valence-electron chi connectivity index (χ4n) is 0.370. The molecule has 0 rings (SSSR count). The number of hydrogen-bond acceptors (Lipinski definition) is 3. The first-order valence-corrected chi connectivity index (χ1v) is 2.36. The van der Waals surface area contributed by atoms with Crippen LogP contribution in [0.5, 0.6) is 0 Å². The summed E-state index contributed by atoms with van der Waals surface area (Å²) < 4.78 is 0. The second-order valence-electron chi connectivity index (χ2n) is 2.38. The number of carboxylic acid groups (broad SMARTS) is 1. The minimum atomic E-state index is -1.08. The minimum absolute atomic E-state index is 0. The second-order valence-corrected chi connectivity index (χ2v) is 2.38. The van der Waals surface area contributed by atoms with Crippen LogP contribution in [-0.2, 0) is 4.79 Å². The zero-order valence-corrected chi connectivity index (χ0v) is 5.72. The molecule has 0 radical (unpaired) electrons. The standard InChI is InChI=1S/C5H10O3.H3N/c1-5(2,8)3-4(6)7;/h8H,3H2,1-2H3,(H,6,7);1H3. The van der Waals surface area contributed by atoms with Gasteiger partial charge in [0.25, 0.3) is 0 Å². The predicted octanol–water partition coefficient (Wildman–Crippen LogP) is 0.394. The summed E-state index contributed by atoms with van der Waals surface area (Å²) in [4.78, 5) is 9.85. The topological polar surface area (TPSA) is 92.5 Å². The van der Waals surface area contributed by atoms with E-state index in [-0.39, 0.29) is 12.6 Å². The molecule has 0 fully saturated rings. The summed E-state index contributed by atoms with van der Waals surface area (Å²) in [6.45, 7) is 2.92. The lowest BCUT2D eigenvalue weighted by Gasteiger charge is -2.12. The van der Waals surface area contributed by atoms with Crippen molar-refractivity contribution in [3.8, 4) is 0 Å². The molecule has 0 aromatic carbocycles. The van der Waals surface area contributed by atoms with Gasteiger partial charge in [-0.05, 0) is 13.8 Å². The summed E-state index contributed by atoms with van der Waals surface area (Å²) in [5.74, 6) is -0.975. The monoisotopic (exact) mass is 135 g/mol. The van der Waals surface area contributed by atoms with Crippen molar-refractivity contribution in [2.45, 2.75) is 25.9 Å². The molecule has 0 amide bonds. The molecule has 0 heterocycles. The molecule has 5 N–H and O–H groups in total. The maximum atomic E-state index is 9.85. The van der Waals surface area contributed by atoms with Gasteiger partial charge in [0.1, 0.15) is 0 Å². The second kappa shape index (κ2) is 3.42. The molecule has 0 aliphatic carbocycles. The molecule has 0 aromatic rings. The smallest absolute Gasteiger partial charge is 0.306 e. The maximum Gasteiger partial charge on any atom is 0.306 e. The summed E-state index contributed by atoms with van der Waals surface area (Å²) in [7, 11) is 0. The molecular formula is C5H13NO3. The van der Waals surface area contributed by atoms with Gasteiger partial charge in [0, 0.05) is 0 Å². The lowest BCUT2D eigenvalue weighted by molar-refractivity contribution is -0.141. The van der Waals surface area contributed by atoms with Crippen LogP contribution in [0.15, 0.2) is 0 Å². The third-order valence-corrected chi connectivity index (χ3v) is 0.584. The quantitative estimate of drug-likeness (QED) is 0.510. The van der Waals surface area contributed by atoms with Crippen molar-refractivity contribution in [1.29, 1.82) is 0 Å². The van der Waals surface area contributed by atoms with Gasteiger partial charge in [0.2, 0.25) is 0 Å². The van der Waals surface area contributed by atoms with E-state index in [2.05, 4.69) is 0 Å². The zero-order chi connectivity index (χ0) is 6.78. The summed E-state index contributed by atoms with van der Waals surface area (Å²) in [6, 6.07) is 0. The molecule has 4 nitrogen and oxygen atoms in total. The first-order valence-electron chi connectivity index (χ1n) is 2.36. The van der Waals surface area contributed by atoms with Gasteiger partial charge in [-0.1, -0.05) is 0 Å². The third-order valence-electron chi connectivity index (χ3n) is 0.584. The molecule has 0 aliphatic heterocycles. The Bertz CT molecular complexity index is 94.9. The molecule has 0 atom stereocenters. The van der Waals surface area contributed by atoms with Crippen molar-refractivity contribution in [3.63, 3.8) is 0 Å². The van der Waals surface area contributed by atoms with Crippen molar-refractivity contribution in [1.82, 2.24) is 6.15 Å². The Kier molecular flexibility index (Phi) is 4.27. The van der Waals surface area contributed by atoms with Crippen molar-refractivity contribution in [2.75, 3.05) is 0 Å². The van der Waals surface area contributed by atoms with Crippen LogP contribution in [0, 0.1) is 0 Å². The van der Waals surface area contributed by atoms with Crippen molar-refractivity contribution in [3.05, 3.63) is 0 Å². The van der Waals surface area contributed by atoms with Crippen LogP contribution < -0.4 is 6.15 Å². The third kappa shape index (κ3) is 11.1. The van der Waals surface area contributed by atoms with Gasteiger partial charge < -0.3 is 16.4 Å². The molecule has 56 valence electrons. The van der Waals surface area contributed by atoms with Gasteiger partial charge in [0.05, 0.1) is 12.0 Å². The molecule has 0 aliphatic rings. The summed E-state index contributed by atoms with van der Waals surface area (Å²) in [5.41, 5.74) is -1.08. The van der Waals surface area contributed by atoms with Crippen LogP contribution in [0.2, 0.25) is 0 Å². The number of carbonyl (C=O) groups is 1. The first-order chi connectivity index (χ1) is 3.42. The highest BCUT2D eigenvalue weighted by Crippen LogP contribution is 2.05. The fourth-order valence-corrected chi connectivity index (χ4v) is 0.370. The molecule has 0 saturated carbocycles. The van der Waals surface area contributed by atoms with Gasteiger partial charge in [-0.3, -0.25) is 4.79 Å². The van der Waals surface area contributed by atoms with Gasteiger partial charge >= 0.3 is 5.97 Å². The molecule has 0 saturated heterocycles. The number of hydrogen-bond donors (Lipinski definition) is 3. The number of aliphatic hydroxyl groups is 1. The van der Waals surface area contributed by atoms with Crippen molar-refractivity contribution in [2.24, 2.45) is 0 Å². The Labute approximate surface area is 54.1 Å². The van der Waals surface area contributed by atoms with E-state index in [0.717, 1.165) is 0 Å².